The van der Waals surface area contributed by atoms with E-state index in [4.69, 9.17) is 10.5 Å². The molecule has 0 aliphatic carbocycles. The lowest BCUT2D eigenvalue weighted by atomic mass is 9.98. The first kappa shape index (κ1) is 15.5. The number of benzene rings is 1. The maximum absolute atomic E-state index is 6.47. The highest BCUT2D eigenvalue weighted by Crippen LogP contribution is 2.21. The van der Waals surface area contributed by atoms with E-state index in [1.807, 2.05) is 0 Å². The molecule has 0 amide bonds. The molecule has 0 spiro atoms. The number of nitrogens with two attached hydrogens (primary N) is 1. The molecule has 1 aliphatic heterocycles. The van der Waals surface area contributed by atoms with Gasteiger partial charge in [0.1, 0.15) is 0 Å². The van der Waals surface area contributed by atoms with Crippen molar-refractivity contribution in [3.8, 4) is 0 Å². The summed E-state index contributed by atoms with van der Waals surface area (Å²) >= 11 is 0. The molecule has 0 radical (unpaired) electrons. The summed E-state index contributed by atoms with van der Waals surface area (Å²) in [4.78, 5) is 2.47. The molecule has 3 unspecified atom stereocenters. The second-order valence-corrected chi connectivity index (χ2v) is 5.89. The highest BCUT2D eigenvalue weighted by Gasteiger charge is 2.25. The number of hydrogen-bond donors (Lipinski definition) is 1. The van der Waals surface area contributed by atoms with Crippen molar-refractivity contribution in [2.24, 2.45) is 5.73 Å². The lowest BCUT2D eigenvalue weighted by Gasteiger charge is -2.33. The van der Waals surface area contributed by atoms with E-state index in [1.54, 1.807) is 0 Å². The molecule has 1 fully saturated rings. The SMILES string of the molecule is CCc1ccc(C(N)C(C)N2CCCOC(C)C2)cc1. The average molecular weight is 276 g/mol. The first-order valence-corrected chi connectivity index (χ1v) is 7.82. The van der Waals surface area contributed by atoms with Gasteiger partial charge in [-0.05, 0) is 37.8 Å². The van der Waals surface area contributed by atoms with Crippen LogP contribution in [0.25, 0.3) is 0 Å². The minimum Gasteiger partial charge on any atom is -0.377 e. The quantitative estimate of drug-likeness (QED) is 0.919. The Balaban J connectivity index is 2.04. The molecule has 0 aromatic heterocycles. The van der Waals surface area contributed by atoms with Crippen molar-refractivity contribution in [2.45, 2.75) is 51.8 Å². The van der Waals surface area contributed by atoms with Crippen LogP contribution in [-0.2, 0) is 11.2 Å². The first-order valence-electron chi connectivity index (χ1n) is 7.82. The molecule has 3 nitrogen and oxygen atoms in total. The molecule has 3 atom stereocenters. The minimum absolute atomic E-state index is 0.0613. The van der Waals surface area contributed by atoms with Gasteiger partial charge in [0.25, 0.3) is 0 Å². The van der Waals surface area contributed by atoms with Crippen LogP contribution in [0.3, 0.4) is 0 Å². The van der Waals surface area contributed by atoms with Crippen molar-refractivity contribution in [3.63, 3.8) is 0 Å². The van der Waals surface area contributed by atoms with Crippen molar-refractivity contribution in [1.29, 1.82) is 0 Å². The molecule has 1 heterocycles. The fraction of sp³-hybridized carbons (Fsp3) is 0.647. The normalized spacial score (nSPS) is 24.1. The van der Waals surface area contributed by atoms with Gasteiger partial charge in [0.05, 0.1) is 6.10 Å². The summed E-state index contributed by atoms with van der Waals surface area (Å²) in [6, 6.07) is 9.14. The van der Waals surface area contributed by atoms with Crippen LogP contribution >= 0.6 is 0 Å². The number of nitrogens with zero attached hydrogens (tertiary/aromatic N) is 1. The standard InChI is InChI=1S/C17H28N2O/c1-4-15-6-8-16(9-7-15)17(18)14(3)19-10-5-11-20-13(2)12-19/h6-9,13-14,17H,4-5,10-12,18H2,1-3H3. The maximum atomic E-state index is 6.47. The van der Waals surface area contributed by atoms with Gasteiger partial charge in [-0.15, -0.1) is 0 Å². The van der Waals surface area contributed by atoms with Crippen LogP contribution in [0.15, 0.2) is 24.3 Å². The fourth-order valence-corrected chi connectivity index (χ4v) is 2.88. The molecule has 1 aliphatic rings. The minimum atomic E-state index is 0.0613. The molecule has 3 heteroatoms. The predicted octanol–water partition coefficient (Wildman–Crippen LogP) is 2.75. The van der Waals surface area contributed by atoms with Crippen LogP contribution in [0.4, 0.5) is 0 Å². The van der Waals surface area contributed by atoms with Gasteiger partial charge in [-0.3, -0.25) is 4.90 Å². The molecule has 1 aromatic rings. The highest BCUT2D eigenvalue weighted by atomic mass is 16.5. The Morgan fingerprint density at radius 3 is 2.70 bits per heavy atom. The van der Waals surface area contributed by atoms with E-state index in [0.717, 1.165) is 32.5 Å². The molecule has 2 rings (SSSR count). The molecule has 2 N–H and O–H groups in total. The Bertz CT molecular complexity index is 404. The maximum Gasteiger partial charge on any atom is 0.0674 e. The summed E-state index contributed by atoms with van der Waals surface area (Å²) in [6.07, 6.45) is 2.47. The Morgan fingerprint density at radius 2 is 2.05 bits per heavy atom. The van der Waals surface area contributed by atoms with Crippen LogP contribution in [0.5, 0.6) is 0 Å². The molecule has 1 aromatic carbocycles. The van der Waals surface area contributed by atoms with Crippen LogP contribution in [0, 0.1) is 0 Å². The molecule has 20 heavy (non-hydrogen) atoms. The summed E-state index contributed by atoms with van der Waals surface area (Å²) in [5, 5.41) is 0. The van der Waals surface area contributed by atoms with Crippen LogP contribution < -0.4 is 5.73 Å². The van der Waals surface area contributed by atoms with Gasteiger partial charge >= 0.3 is 0 Å². The van der Waals surface area contributed by atoms with Gasteiger partial charge in [-0.25, -0.2) is 0 Å². The number of hydrogen-bond acceptors (Lipinski definition) is 3. The van der Waals surface area contributed by atoms with E-state index in [2.05, 4.69) is 49.9 Å². The Hall–Kier alpha value is -0.900. The lowest BCUT2D eigenvalue weighted by Crippen LogP contribution is -2.43. The smallest absolute Gasteiger partial charge is 0.0674 e. The summed E-state index contributed by atoms with van der Waals surface area (Å²) < 4.78 is 5.72. The third-order valence-corrected chi connectivity index (χ3v) is 4.35. The van der Waals surface area contributed by atoms with E-state index in [0.29, 0.717) is 12.1 Å². The van der Waals surface area contributed by atoms with Gasteiger partial charge in [0.15, 0.2) is 0 Å². The van der Waals surface area contributed by atoms with Gasteiger partial charge in [0.2, 0.25) is 0 Å². The van der Waals surface area contributed by atoms with Gasteiger partial charge < -0.3 is 10.5 Å². The van der Waals surface area contributed by atoms with Crippen molar-refractivity contribution >= 4 is 0 Å². The number of aryl methyl sites for hydroxylation is 1. The van der Waals surface area contributed by atoms with E-state index in [1.165, 1.54) is 11.1 Å². The molecule has 0 saturated carbocycles. The third kappa shape index (κ3) is 3.81. The summed E-state index contributed by atoms with van der Waals surface area (Å²) in [6.45, 7) is 9.47. The van der Waals surface area contributed by atoms with Crippen molar-refractivity contribution in [3.05, 3.63) is 35.4 Å². The second-order valence-electron chi connectivity index (χ2n) is 5.89. The largest absolute Gasteiger partial charge is 0.377 e. The van der Waals surface area contributed by atoms with Crippen molar-refractivity contribution in [1.82, 2.24) is 4.90 Å². The Morgan fingerprint density at radius 1 is 1.35 bits per heavy atom. The molecule has 0 bridgehead atoms. The topological polar surface area (TPSA) is 38.5 Å². The third-order valence-electron chi connectivity index (χ3n) is 4.35. The first-order chi connectivity index (χ1) is 9.61. The van der Waals surface area contributed by atoms with Crippen molar-refractivity contribution in [2.75, 3.05) is 19.7 Å². The van der Waals surface area contributed by atoms with Gasteiger partial charge in [0, 0.05) is 31.8 Å². The monoisotopic (exact) mass is 276 g/mol. The van der Waals surface area contributed by atoms with E-state index >= 15 is 0 Å². The van der Waals surface area contributed by atoms with E-state index in [-0.39, 0.29) is 6.04 Å². The fourth-order valence-electron chi connectivity index (χ4n) is 2.88. The van der Waals surface area contributed by atoms with E-state index in [9.17, 15) is 0 Å². The average Bonchev–Trinajstić information content (AvgIpc) is 2.70. The summed E-state index contributed by atoms with van der Waals surface area (Å²) in [5.41, 5.74) is 9.07. The summed E-state index contributed by atoms with van der Waals surface area (Å²) in [5.74, 6) is 0. The molecule has 1 saturated heterocycles. The molecule has 112 valence electrons. The highest BCUT2D eigenvalue weighted by molar-refractivity contribution is 5.25. The summed E-state index contributed by atoms with van der Waals surface area (Å²) in [7, 11) is 0. The Kier molecular flexibility index (Phi) is 5.58. The zero-order valence-corrected chi connectivity index (χ0v) is 13.0. The van der Waals surface area contributed by atoms with Crippen LogP contribution in [0.2, 0.25) is 0 Å². The van der Waals surface area contributed by atoms with Crippen molar-refractivity contribution < 1.29 is 4.74 Å². The Labute approximate surface area is 123 Å². The molecular formula is C17H28N2O. The lowest BCUT2D eigenvalue weighted by molar-refractivity contribution is 0.0597. The van der Waals surface area contributed by atoms with Gasteiger partial charge in [-0.1, -0.05) is 31.2 Å². The molecular weight excluding hydrogens is 248 g/mol. The second kappa shape index (κ2) is 7.21. The zero-order valence-electron chi connectivity index (χ0n) is 13.0. The predicted molar refractivity (Wildman–Crippen MR) is 83.8 cm³/mol. The van der Waals surface area contributed by atoms with Gasteiger partial charge in [-0.2, -0.15) is 0 Å². The van der Waals surface area contributed by atoms with E-state index < -0.39 is 0 Å². The number of ether oxygens (including phenoxy) is 1. The zero-order chi connectivity index (χ0) is 14.5. The van der Waals surface area contributed by atoms with Crippen LogP contribution in [-0.4, -0.2) is 36.7 Å². The van der Waals surface area contributed by atoms with Crippen LogP contribution in [0.1, 0.15) is 44.4 Å². The number of rotatable bonds is 4.